The van der Waals surface area contributed by atoms with E-state index in [0.29, 0.717) is 0 Å². The Kier molecular flexibility index (Phi) is 6.32. The molecule has 1 nitrogen and oxygen atoms in total. The summed E-state index contributed by atoms with van der Waals surface area (Å²) in [4.78, 5) is 0. The van der Waals surface area contributed by atoms with Gasteiger partial charge in [-0.2, -0.15) is 0 Å². The number of rotatable bonds is 6. The highest BCUT2D eigenvalue weighted by Crippen LogP contribution is 2.37. The molecular weight excluding hydrogens is 244 g/mol. The fourth-order valence-electron chi connectivity index (χ4n) is 3.24. The van der Waals surface area contributed by atoms with Gasteiger partial charge < -0.3 is 4.74 Å². The molecule has 1 aliphatic rings. The van der Waals surface area contributed by atoms with Crippen LogP contribution in [0.5, 0.6) is 0 Å². The standard InChI is InChI=1S/C19H28O/c1-3-4-5-6-16-7-11-18(12-8-16)19-13-9-17(10-14-19)15-20-2/h4-5,9-10,13-14,16,18H,3,6-8,11-12,15H2,1-2H3. The summed E-state index contributed by atoms with van der Waals surface area (Å²) in [5, 5.41) is 0. The van der Waals surface area contributed by atoms with E-state index in [9.17, 15) is 0 Å². The molecule has 0 saturated heterocycles. The Balaban J connectivity index is 1.82. The highest BCUT2D eigenvalue weighted by molar-refractivity contribution is 5.25. The number of methoxy groups -OCH3 is 1. The number of hydrogen-bond donors (Lipinski definition) is 0. The molecular formula is C19H28O. The van der Waals surface area contributed by atoms with Gasteiger partial charge in [-0.3, -0.25) is 0 Å². The molecule has 0 radical (unpaired) electrons. The van der Waals surface area contributed by atoms with Gasteiger partial charge in [0.15, 0.2) is 0 Å². The van der Waals surface area contributed by atoms with Crippen molar-refractivity contribution in [2.75, 3.05) is 7.11 Å². The Bertz CT molecular complexity index is 396. The first-order valence-corrected chi connectivity index (χ1v) is 8.06. The van der Waals surface area contributed by atoms with Gasteiger partial charge in [0, 0.05) is 7.11 Å². The largest absolute Gasteiger partial charge is 0.380 e. The van der Waals surface area contributed by atoms with Gasteiger partial charge in [-0.1, -0.05) is 43.3 Å². The third-order valence-corrected chi connectivity index (χ3v) is 4.48. The summed E-state index contributed by atoms with van der Waals surface area (Å²) in [5.41, 5.74) is 2.79. The van der Waals surface area contributed by atoms with Crippen LogP contribution in [0.4, 0.5) is 0 Å². The first-order chi connectivity index (χ1) is 9.83. The molecule has 1 aromatic rings. The summed E-state index contributed by atoms with van der Waals surface area (Å²) >= 11 is 0. The molecule has 0 bridgehead atoms. The van der Waals surface area contributed by atoms with Crippen LogP contribution in [-0.4, -0.2) is 7.11 Å². The van der Waals surface area contributed by atoms with E-state index < -0.39 is 0 Å². The third-order valence-electron chi connectivity index (χ3n) is 4.48. The Morgan fingerprint density at radius 2 is 1.75 bits per heavy atom. The smallest absolute Gasteiger partial charge is 0.0713 e. The van der Waals surface area contributed by atoms with Crippen LogP contribution in [0.1, 0.15) is 62.5 Å². The maximum absolute atomic E-state index is 5.17. The van der Waals surface area contributed by atoms with Crippen molar-refractivity contribution in [2.24, 2.45) is 5.92 Å². The lowest BCUT2D eigenvalue weighted by atomic mass is 9.77. The lowest BCUT2D eigenvalue weighted by molar-refractivity contribution is 0.185. The summed E-state index contributed by atoms with van der Waals surface area (Å²) in [5.74, 6) is 1.69. The topological polar surface area (TPSA) is 9.23 Å². The van der Waals surface area contributed by atoms with Gasteiger partial charge >= 0.3 is 0 Å². The first kappa shape index (κ1) is 15.3. The Morgan fingerprint density at radius 3 is 2.35 bits per heavy atom. The maximum atomic E-state index is 5.17. The fraction of sp³-hybridized carbons (Fsp3) is 0.579. The molecule has 1 heteroatoms. The van der Waals surface area contributed by atoms with Crippen LogP contribution in [0.2, 0.25) is 0 Å². The van der Waals surface area contributed by atoms with Crippen molar-refractivity contribution < 1.29 is 4.74 Å². The van der Waals surface area contributed by atoms with E-state index in [1.807, 2.05) is 0 Å². The van der Waals surface area contributed by atoms with Crippen molar-refractivity contribution in [3.8, 4) is 0 Å². The number of allylic oxidation sites excluding steroid dienone is 2. The molecule has 1 fully saturated rings. The van der Waals surface area contributed by atoms with Crippen LogP contribution in [-0.2, 0) is 11.3 Å². The highest BCUT2D eigenvalue weighted by atomic mass is 16.5. The van der Waals surface area contributed by atoms with E-state index in [2.05, 4.69) is 43.3 Å². The van der Waals surface area contributed by atoms with Crippen molar-refractivity contribution in [3.05, 3.63) is 47.5 Å². The van der Waals surface area contributed by atoms with Crippen molar-refractivity contribution >= 4 is 0 Å². The summed E-state index contributed by atoms with van der Waals surface area (Å²) in [7, 11) is 1.75. The van der Waals surface area contributed by atoms with Crippen molar-refractivity contribution in [1.82, 2.24) is 0 Å². The van der Waals surface area contributed by atoms with Gasteiger partial charge in [-0.05, 0) is 61.5 Å². The molecule has 0 heterocycles. The number of benzene rings is 1. The van der Waals surface area contributed by atoms with Crippen LogP contribution in [0, 0.1) is 5.92 Å². The van der Waals surface area contributed by atoms with Gasteiger partial charge in [-0.25, -0.2) is 0 Å². The summed E-state index contributed by atoms with van der Waals surface area (Å²) in [6, 6.07) is 9.04. The summed E-state index contributed by atoms with van der Waals surface area (Å²) in [6.45, 7) is 2.93. The van der Waals surface area contributed by atoms with Crippen LogP contribution in [0.3, 0.4) is 0 Å². The van der Waals surface area contributed by atoms with Crippen molar-refractivity contribution in [1.29, 1.82) is 0 Å². The minimum Gasteiger partial charge on any atom is -0.380 e. The normalized spacial score (nSPS) is 23.3. The monoisotopic (exact) mass is 272 g/mol. The molecule has 1 aromatic carbocycles. The van der Waals surface area contributed by atoms with Gasteiger partial charge in [0.2, 0.25) is 0 Å². The average Bonchev–Trinajstić information content (AvgIpc) is 2.49. The van der Waals surface area contributed by atoms with E-state index in [-0.39, 0.29) is 0 Å². The van der Waals surface area contributed by atoms with Gasteiger partial charge in [0.05, 0.1) is 6.61 Å². The fourth-order valence-corrected chi connectivity index (χ4v) is 3.24. The molecule has 0 aromatic heterocycles. The predicted octanol–water partition coefficient (Wildman–Crippen LogP) is 5.46. The summed E-state index contributed by atoms with van der Waals surface area (Å²) < 4.78 is 5.17. The number of hydrogen-bond acceptors (Lipinski definition) is 1. The summed E-state index contributed by atoms with van der Waals surface area (Å²) in [6.07, 6.45) is 12.6. The Hall–Kier alpha value is -1.08. The zero-order chi connectivity index (χ0) is 14.2. The van der Waals surface area contributed by atoms with Crippen LogP contribution in [0.15, 0.2) is 36.4 Å². The molecule has 0 aliphatic heterocycles. The van der Waals surface area contributed by atoms with E-state index in [4.69, 9.17) is 4.74 Å². The SMILES string of the molecule is CCC=CCC1CCC(c2ccc(COC)cc2)CC1. The minimum atomic E-state index is 0.719. The molecule has 0 spiro atoms. The molecule has 20 heavy (non-hydrogen) atoms. The number of ether oxygens (including phenoxy) is 1. The molecule has 0 amide bonds. The molecule has 0 unspecified atom stereocenters. The van der Waals surface area contributed by atoms with Crippen LogP contribution >= 0.6 is 0 Å². The highest BCUT2D eigenvalue weighted by Gasteiger charge is 2.21. The first-order valence-electron chi connectivity index (χ1n) is 8.06. The van der Waals surface area contributed by atoms with Crippen molar-refractivity contribution in [2.45, 2.75) is 58.0 Å². The molecule has 0 atom stereocenters. The maximum Gasteiger partial charge on any atom is 0.0713 e. The zero-order valence-corrected chi connectivity index (χ0v) is 13.0. The predicted molar refractivity (Wildman–Crippen MR) is 85.9 cm³/mol. The van der Waals surface area contributed by atoms with E-state index in [1.54, 1.807) is 7.11 Å². The van der Waals surface area contributed by atoms with Crippen molar-refractivity contribution in [3.63, 3.8) is 0 Å². The Morgan fingerprint density at radius 1 is 1.05 bits per heavy atom. The van der Waals surface area contributed by atoms with Crippen LogP contribution in [0.25, 0.3) is 0 Å². The lowest BCUT2D eigenvalue weighted by Crippen LogP contribution is -2.12. The van der Waals surface area contributed by atoms with Gasteiger partial charge in [0.25, 0.3) is 0 Å². The Labute approximate surface area is 124 Å². The molecule has 1 saturated carbocycles. The lowest BCUT2D eigenvalue weighted by Gasteiger charge is -2.28. The second-order valence-corrected chi connectivity index (χ2v) is 6.01. The second-order valence-electron chi connectivity index (χ2n) is 6.01. The van der Waals surface area contributed by atoms with Crippen LogP contribution < -0.4 is 0 Å². The molecule has 110 valence electrons. The van der Waals surface area contributed by atoms with E-state index in [0.717, 1.165) is 18.4 Å². The average molecular weight is 272 g/mol. The van der Waals surface area contributed by atoms with E-state index in [1.165, 1.54) is 49.7 Å². The second kappa shape index (κ2) is 8.26. The van der Waals surface area contributed by atoms with Gasteiger partial charge in [0.1, 0.15) is 0 Å². The van der Waals surface area contributed by atoms with E-state index >= 15 is 0 Å². The third kappa shape index (κ3) is 4.49. The molecule has 2 rings (SSSR count). The zero-order valence-electron chi connectivity index (χ0n) is 13.0. The van der Waals surface area contributed by atoms with Gasteiger partial charge in [-0.15, -0.1) is 0 Å². The molecule has 1 aliphatic carbocycles. The minimum absolute atomic E-state index is 0.719. The quantitative estimate of drug-likeness (QED) is 0.624. The molecule has 0 N–H and O–H groups in total.